The van der Waals surface area contributed by atoms with Crippen LogP contribution in [0.3, 0.4) is 0 Å². The van der Waals surface area contributed by atoms with Gasteiger partial charge in [0.15, 0.2) is 0 Å². The molecular weight excluding hydrogens is 234 g/mol. The Morgan fingerprint density at radius 2 is 2.21 bits per heavy atom. The molecule has 2 aliphatic rings. The van der Waals surface area contributed by atoms with Crippen LogP contribution in [0.15, 0.2) is 18.2 Å². The molecule has 0 amide bonds. The number of imidazole rings is 1. The van der Waals surface area contributed by atoms with E-state index in [1.54, 1.807) is 0 Å². The lowest BCUT2D eigenvalue weighted by Gasteiger charge is -2.08. The largest absolute Gasteiger partial charge is 0.399 e. The minimum absolute atomic E-state index is 0.698. The second-order valence-corrected chi connectivity index (χ2v) is 6.21. The fourth-order valence-corrected chi connectivity index (χ4v) is 3.34. The standard InChI is InChI=1S/C16H21N3/c1-2-3-11-8-15(11)19-14-7-6-12(17)9-13(14)18-16(19)10-4-5-10/h6-7,9-11,15H,2-5,8,17H2,1H3. The molecule has 2 saturated carbocycles. The lowest BCUT2D eigenvalue weighted by atomic mass is 10.2. The molecule has 2 atom stereocenters. The number of nitrogens with two attached hydrogens (primary N) is 1. The highest BCUT2D eigenvalue weighted by molar-refractivity contribution is 5.80. The Morgan fingerprint density at radius 1 is 1.37 bits per heavy atom. The van der Waals surface area contributed by atoms with Gasteiger partial charge in [-0.05, 0) is 49.8 Å². The van der Waals surface area contributed by atoms with Crippen molar-refractivity contribution in [1.29, 1.82) is 0 Å². The van der Waals surface area contributed by atoms with Gasteiger partial charge in [0.2, 0.25) is 0 Å². The van der Waals surface area contributed by atoms with E-state index >= 15 is 0 Å². The highest BCUT2D eigenvalue weighted by atomic mass is 15.1. The van der Waals surface area contributed by atoms with E-state index in [0.717, 1.165) is 17.1 Å². The highest BCUT2D eigenvalue weighted by Gasteiger charge is 2.42. The Hall–Kier alpha value is -1.51. The molecular formula is C16H21N3. The normalized spacial score (nSPS) is 25.9. The second kappa shape index (κ2) is 3.99. The first-order chi connectivity index (χ1) is 9.28. The van der Waals surface area contributed by atoms with Crippen LogP contribution in [-0.2, 0) is 0 Å². The lowest BCUT2D eigenvalue weighted by molar-refractivity contribution is 0.598. The average molecular weight is 255 g/mol. The van der Waals surface area contributed by atoms with Crippen LogP contribution >= 0.6 is 0 Å². The van der Waals surface area contributed by atoms with Crippen LogP contribution in [0.2, 0.25) is 0 Å². The SMILES string of the molecule is CCCC1CC1n1c(C2CC2)nc2cc(N)ccc21. The summed E-state index contributed by atoms with van der Waals surface area (Å²) in [4.78, 5) is 4.87. The maximum atomic E-state index is 5.89. The molecule has 0 bridgehead atoms. The van der Waals surface area contributed by atoms with Crippen LogP contribution in [0.4, 0.5) is 5.69 Å². The van der Waals surface area contributed by atoms with E-state index in [1.165, 1.54) is 43.4 Å². The van der Waals surface area contributed by atoms with E-state index in [4.69, 9.17) is 10.7 Å². The number of anilines is 1. The predicted molar refractivity (Wildman–Crippen MR) is 78.2 cm³/mol. The van der Waals surface area contributed by atoms with Crippen molar-refractivity contribution in [3.63, 3.8) is 0 Å². The van der Waals surface area contributed by atoms with Crippen molar-refractivity contribution in [3.05, 3.63) is 24.0 Å². The van der Waals surface area contributed by atoms with Gasteiger partial charge in [-0.25, -0.2) is 4.98 Å². The molecule has 0 aliphatic heterocycles. The predicted octanol–water partition coefficient (Wildman–Crippen LogP) is 3.86. The first kappa shape index (κ1) is 11.3. The van der Waals surface area contributed by atoms with Crippen LogP contribution in [-0.4, -0.2) is 9.55 Å². The molecule has 0 spiro atoms. The third kappa shape index (κ3) is 1.83. The molecule has 0 radical (unpaired) electrons. The van der Waals surface area contributed by atoms with Gasteiger partial charge in [0, 0.05) is 17.6 Å². The number of nitrogens with zero attached hydrogens (tertiary/aromatic N) is 2. The fraction of sp³-hybridized carbons (Fsp3) is 0.562. The van der Waals surface area contributed by atoms with Crippen molar-refractivity contribution in [1.82, 2.24) is 9.55 Å². The number of hydrogen-bond acceptors (Lipinski definition) is 2. The molecule has 2 N–H and O–H groups in total. The van der Waals surface area contributed by atoms with Crippen LogP contribution in [0.25, 0.3) is 11.0 Å². The van der Waals surface area contributed by atoms with Gasteiger partial charge in [0.05, 0.1) is 11.0 Å². The molecule has 4 rings (SSSR count). The molecule has 19 heavy (non-hydrogen) atoms. The fourth-order valence-electron chi connectivity index (χ4n) is 3.34. The lowest BCUT2D eigenvalue weighted by Crippen LogP contribution is -2.02. The molecule has 0 saturated heterocycles. The number of hydrogen-bond donors (Lipinski definition) is 1. The summed E-state index contributed by atoms with van der Waals surface area (Å²) < 4.78 is 2.53. The van der Waals surface area contributed by atoms with E-state index in [0.29, 0.717) is 12.0 Å². The molecule has 3 heteroatoms. The van der Waals surface area contributed by atoms with Gasteiger partial charge in [-0.15, -0.1) is 0 Å². The summed E-state index contributed by atoms with van der Waals surface area (Å²) in [5.41, 5.74) is 9.09. The minimum atomic E-state index is 0.698. The zero-order chi connectivity index (χ0) is 13.0. The summed E-state index contributed by atoms with van der Waals surface area (Å²) in [6.45, 7) is 2.28. The molecule has 1 aromatic heterocycles. The van der Waals surface area contributed by atoms with Crippen LogP contribution in [0.1, 0.15) is 56.8 Å². The monoisotopic (exact) mass is 255 g/mol. The van der Waals surface area contributed by atoms with E-state index in [-0.39, 0.29) is 0 Å². The summed E-state index contributed by atoms with van der Waals surface area (Å²) in [6.07, 6.45) is 6.60. The van der Waals surface area contributed by atoms with Gasteiger partial charge in [-0.2, -0.15) is 0 Å². The second-order valence-electron chi connectivity index (χ2n) is 6.21. The van der Waals surface area contributed by atoms with E-state index in [1.807, 2.05) is 12.1 Å². The van der Waals surface area contributed by atoms with E-state index in [2.05, 4.69) is 17.6 Å². The van der Waals surface area contributed by atoms with Gasteiger partial charge in [-0.3, -0.25) is 0 Å². The number of nitrogen functional groups attached to an aromatic ring is 1. The minimum Gasteiger partial charge on any atom is -0.399 e. The van der Waals surface area contributed by atoms with Crippen LogP contribution < -0.4 is 5.73 Å². The van der Waals surface area contributed by atoms with E-state index < -0.39 is 0 Å². The van der Waals surface area contributed by atoms with Gasteiger partial charge in [0.1, 0.15) is 5.82 Å². The molecule has 1 heterocycles. The molecule has 1 aromatic carbocycles. The summed E-state index contributed by atoms with van der Waals surface area (Å²) in [7, 11) is 0. The average Bonchev–Trinajstić information content (AvgIpc) is 3.29. The summed E-state index contributed by atoms with van der Waals surface area (Å²) in [5, 5.41) is 0. The van der Waals surface area contributed by atoms with Gasteiger partial charge >= 0.3 is 0 Å². The molecule has 2 aromatic rings. The number of fused-ring (bicyclic) bond motifs is 1. The summed E-state index contributed by atoms with van der Waals surface area (Å²) in [5.74, 6) is 2.90. The summed E-state index contributed by atoms with van der Waals surface area (Å²) in [6, 6.07) is 6.89. The highest BCUT2D eigenvalue weighted by Crippen LogP contribution is 2.51. The molecule has 100 valence electrons. The number of aromatic nitrogens is 2. The third-order valence-electron chi connectivity index (χ3n) is 4.56. The zero-order valence-corrected chi connectivity index (χ0v) is 11.5. The van der Waals surface area contributed by atoms with Gasteiger partial charge in [-0.1, -0.05) is 13.3 Å². The van der Waals surface area contributed by atoms with Crippen LogP contribution in [0, 0.1) is 5.92 Å². The van der Waals surface area contributed by atoms with Crippen molar-refractivity contribution in [2.75, 3.05) is 5.73 Å². The first-order valence-corrected chi connectivity index (χ1v) is 7.55. The number of rotatable bonds is 4. The van der Waals surface area contributed by atoms with Gasteiger partial charge < -0.3 is 10.3 Å². The zero-order valence-electron chi connectivity index (χ0n) is 11.5. The Labute approximate surface area is 113 Å². The smallest absolute Gasteiger partial charge is 0.113 e. The maximum Gasteiger partial charge on any atom is 0.113 e. The van der Waals surface area contributed by atoms with Crippen molar-refractivity contribution in [2.24, 2.45) is 5.92 Å². The first-order valence-electron chi connectivity index (χ1n) is 7.55. The topological polar surface area (TPSA) is 43.8 Å². The molecule has 2 unspecified atom stereocenters. The number of benzene rings is 1. The maximum absolute atomic E-state index is 5.89. The van der Waals surface area contributed by atoms with Crippen molar-refractivity contribution >= 4 is 16.7 Å². The quantitative estimate of drug-likeness (QED) is 0.843. The Balaban J connectivity index is 1.80. The Morgan fingerprint density at radius 3 is 2.95 bits per heavy atom. The Kier molecular flexibility index (Phi) is 2.38. The Bertz CT molecular complexity index is 624. The van der Waals surface area contributed by atoms with Gasteiger partial charge in [0.25, 0.3) is 0 Å². The molecule has 2 aliphatic carbocycles. The van der Waals surface area contributed by atoms with Crippen molar-refractivity contribution < 1.29 is 0 Å². The van der Waals surface area contributed by atoms with E-state index in [9.17, 15) is 0 Å². The van der Waals surface area contributed by atoms with Crippen molar-refractivity contribution in [2.45, 2.75) is 51.0 Å². The van der Waals surface area contributed by atoms with Crippen molar-refractivity contribution in [3.8, 4) is 0 Å². The molecule has 3 nitrogen and oxygen atoms in total. The third-order valence-corrected chi connectivity index (χ3v) is 4.56. The van der Waals surface area contributed by atoms with Crippen LogP contribution in [0.5, 0.6) is 0 Å². The summed E-state index contributed by atoms with van der Waals surface area (Å²) >= 11 is 0. The molecule has 2 fully saturated rings.